The molecule has 1 aliphatic carbocycles. The van der Waals surface area contributed by atoms with Crippen LogP contribution in [0.5, 0.6) is 0 Å². The van der Waals surface area contributed by atoms with Gasteiger partial charge in [0.05, 0.1) is 0 Å². The van der Waals surface area contributed by atoms with E-state index in [2.05, 4.69) is 10.6 Å². The predicted octanol–water partition coefficient (Wildman–Crippen LogP) is 0.483. The molecular weight excluding hydrogens is 320 g/mol. The predicted molar refractivity (Wildman–Crippen MR) is 87.4 cm³/mol. The molecule has 1 saturated carbocycles. The third-order valence-corrected chi connectivity index (χ3v) is 5.21. The summed E-state index contributed by atoms with van der Waals surface area (Å²) in [5.74, 6) is -0.448. The highest BCUT2D eigenvalue weighted by atomic mass is 35.5. The quantitative estimate of drug-likeness (QED) is 0.730. The fourth-order valence-electron chi connectivity index (χ4n) is 3.87. The van der Waals surface area contributed by atoms with Gasteiger partial charge in [-0.3, -0.25) is 14.5 Å². The lowest BCUT2D eigenvalue weighted by molar-refractivity contribution is -0.137. The molecule has 0 bridgehead atoms. The molecule has 1 atom stereocenters. The summed E-state index contributed by atoms with van der Waals surface area (Å²) < 4.78 is 0. The van der Waals surface area contributed by atoms with Gasteiger partial charge in [-0.2, -0.15) is 0 Å². The summed E-state index contributed by atoms with van der Waals surface area (Å²) >= 11 is 0. The first-order valence-electron chi connectivity index (χ1n) is 8.14. The van der Waals surface area contributed by atoms with E-state index >= 15 is 0 Å². The lowest BCUT2D eigenvalue weighted by atomic mass is 9.81. The number of amides is 4. The second-order valence-electron chi connectivity index (χ2n) is 6.58. The van der Waals surface area contributed by atoms with Crippen LogP contribution < -0.4 is 10.6 Å². The Morgan fingerprint density at radius 2 is 2.00 bits per heavy atom. The molecule has 0 aromatic heterocycles. The molecule has 2 aliphatic heterocycles. The fraction of sp³-hybridized carbons (Fsp3) is 0.800. The van der Waals surface area contributed by atoms with Crippen molar-refractivity contribution in [2.24, 2.45) is 0 Å². The molecule has 0 aromatic rings. The van der Waals surface area contributed by atoms with E-state index in [0.29, 0.717) is 12.8 Å². The maximum atomic E-state index is 12.7. The van der Waals surface area contributed by atoms with Gasteiger partial charge in [-0.25, -0.2) is 4.79 Å². The molecule has 23 heavy (non-hydrogen) atoms. The molecule has 7 nitrogen and oxygen atoms in total. The first-order valence-corrected chi connectivity index (χ1v) is 8.14. The monoisotopic (exact) mass is 344 g/mol. The van der Waals surface area contributed by atoms with Crippen molar-refractivity contribution in [3.05, 3.63) is 0 Å². The van der Waals surface area contributed by atoms with Gasteiger partial charge in [-0.15, -0.1) is 12.4 Å². The van der Waals surface area contributed by atoms with E-state index in [4.69, 9.17) is 0 Å². The van der Waals surface area contributed by atoms with E-state index in [-0.39, 0.29) is 42.8 Å². The summed E-state index contributed by atoms with van der Waals surface area (Å²) in [4.78, 5) is 40.0. The van der Waals surface area contributed by atoms with E-state index in [1.165, 1.54) is 0 Å². The highest BCUT2D eigenvalue weighted by Gasteiger charge is 2.55. The summed E-state index contributed by atoms with van der Waals surface area (Å²) in [7, 11) is 1.68. The smallest absolute Gasteiger partial charge is 0.327 e. The Morgan fingerprint density at radius 3 is 2.61 bits per heavy atom. The average Bonchev–Trinajstić information content (AvgIpc) is 3.08. The van der Waals surface area contributed by atoms with Crippen molar-refractivity contribution in [3.8, 4) is 0 Å². The second kappa shape index (κ2) is 7.05. The van der Waals surface area contributed by atoms with Crippen LogP contribution in [-0.2, 0) is 9.59 Å². The average molecular weight is 345 g/mol. The van der Waals surface area contributed by atoms with Gasteiger partial charge in [0.2, 0.25) is 5.91 Å². The third-order valence-electron chi connectivity index (χ3n) is 5.21. The van der Waals surface area contributed by atoms with Crippen LogP contribution in [0.3, 0.4) is 0 Å². The number of halogens is 1. The zero-order valence-corrected chi connectivity index (χ0v) is 14.3. The lowest BCUT2D eigenvalue weighted by Gasteiger charge is -2.35. The van der Waals surface area contributed by atoms with Crippen LogP contribution in [-0.4, -0.2) is 65.9 Å². The van der Waals surface area contributed by atoms with Gasteiger partial charge in [0, 0.05) is 19.6 Å². The van der Waals surface area contributed by atoms with Crippen molar-refractivity contribution >= 4 is 30.3 Å². The molecule has 1 spiro atoms. The molecular formula is C15H25ClN4O3. The number of hydrogen-bond acceptors (Lipinski definition) is 4. The van der Waals surface area contributed by atoms with Crippen LogP contribution in [0.15, 0.2) is 0 Å². The van der Waals surface area contributed by atoms with Crippen molar-refractivity contribution in [2.75, 3.05) is 26.7 Å². The van der Waals surface area contributed by atoms with Crippen LogP contribution in [0.4, 0.5) is 4.79 Å². The number of imide groups is 1. The molecule has 4 amide bonds. The number of carbonyl (C=O) groups is 3. The van der Waals surface area contributed by atoms with Crippen molar-refractivity contribution in [3.63, 3.8) is 0 Å². The standard InChI is InChI=1S/C15H24N4O3.ClH/c1-18-14(22)19(10-12(20)17-11-5-8-16-9-11)13(21)15(18)6-3-2-4-7-15;/h11,16H,2-10H2,1H3,(H,17,20);1H. The molecule has 130 valence electrons. The minimum atomic E-state index is -0.704. The topological polar surface area (TPSA) is 81.8 Å². The molecule has 2 saturated heterocycles. The van der Waals surface area contributed by atoms with Gasteiger partial charge in [-0.05, 0) is 25.8 Å². The number of rotatable bonds is 3. The fourth-order valence-corrected chi connectivity index (χ4v) is 3.87. The first-order chi connectivity index (χ1) is 10.5. The van der Waals surface area contributed by atoms with Crippen LogP contribution in [0.2, 0.25) is 0 Å². The van der Waals surface area contributed by atoms with E-state index < -0.39 is 5.54 Å². The summed E-state index contributed by atoms with van der Waals surface area (Å²) in [5.41, 5.74) is -0.704. The number of nitrogens with one attached hydrogen (secondary N) is 2. The first kappa shape index (κ1) is 18.0. The normalized spacial score (nSPS) is 26.6. The number of carbonyl (C=O) groups excluding carboxylic acids is 3. The van der Waals surface area contributed by atoms with Crippen molar-refractivity contribution in [2.45, 2.75) is 50.1 Å². The van der Waals surface area contributed by atoms with Crippen molar-refractivity contribution < 1.29 is 14.4 Å². The molecule has 2 N–H and O–H groups in total. The Hall–Kier alpha value is -1.34. The molecule has 3 aliphatic rings. The Balaban J connectivity index is 0.00000192. The van der Waals surface area contributed by atoms with Gasteiger partial charge in [0.1, 0.15) is 12.1 Å². The largest absolute Gasteiger partial charge is 0.350 e. The molecule has 1 unspecified atom stereocenters. The van der Waals surface area contributed by atoms with E-state index in [1.807, 2.05) is 0 Å². The molecule has 3 rings (SSSR count). The van der Waals surface area contributed by atoms with E-state index in [0.717, 1.165) is 43.7 Å². The number of hydrogen-bond donors (Lipinski definition) is 2. The molecule has 3 fully saturated rings. The summed E-state index contributed by atoms with van der Waals surface area (Å²) in [6.07, 6.45) is 5.31. The summed E-state index contributed by atoms with van der Waals surface area (Å²) in [5, 5.41) is 6.06. The Morgan fingerprint density at radius 1 is 1.30 bits per heavy atom. The van der Waals surface area contributed by atoms with Gasteiger partial charge >= 0.3 is 6.03 Å². The summed E-state index contributed by atoms with van der Waals surface area (Å²) in [6, 6.07) is -0.242. The Labute approximate surface area is 142 Å². The van der Waals surface area contributed by atoms with E-state index in [9.17, 15) is 14.4 Å². The van der Waals surface area contributed by atoms with Crippen LogP contribution in [0.25, 0.3) is 0 Å². The minimum Gasteiger partial charge on any atom is -0.350 e. The minimum absolute atomic E-state index is 0. The van der Waals surface area contributed by atoms with Gasteiger partial charge in [-0.1, -0.05) is 19.3 Å². The number of urea groups is 1. The van der Waals surface area contributed by atoms with Gasteiger partial charge in [0.15, 0.2) is 0 Å². The maximum absolute atomic E-state index is 12.7. The number of nitrogens with zero attached hydrogens (tertiary/aromatic N) is 2. The van der Waals surface area contributed by atoms with Gasteiger partial charge < -0.3 is 15.5 Å². The Kier molecular flexibility index (Phi) is 5.52. The highest BCUT2D eigenvalue weighted by Crippen LogP contribution is 2.39. The van der Waals surface area contributed by atoms with Crippen LogP contribution in [0, 0.1) is 0 Å². The van der Waals surface area contributed by atoms with Crippen molar-refractivity contribution in [1.29, 1.82) is 0 Å². The SMILES string of the molecule is CN1C(=O)N(CC(=O)NC2CCNC2)C(=O)C12CCCCC2.Cl. The van der Waals surface area contributed by atoms with Crippen LogP contribution >= 0.6 is 12.4 Å². The van der Waals surface area contributed by atoms with Crippen LogP contribution in [0.1, 0.15) is 38.5 Å². The molecule has 2 heterocycles. The zero-order valence-electron chi connectivity index (χ0n) is 13.5. The molecule has 8 heteroatoms. The second-order valence-corrected chi connectivity index (χ2v) is 6.58. The molecule has 0 radical (unpaired) electrons. The number of likely N-dealkylation sites (N-methyl/N-ethyl adjacent to an activating group) is 1. The Bertz CT molecular complexity index is 487. The highest BCUT2D eigenvalue weighted by molar-refractivity contribution is 6.08. The third kappa shape index (κ3) is 3.17. The van der Waals surface area contributed by atoms with Crippen molar-refractivity contribution in [1.82, 2.24) is 20.4 Å². The molecule has 0 aromatic carbocycles. The summed E-state index contributed by atoms with van der Waals surface area (Å²) in [6.45, 7) is 1.47. The lowest BCUT2D eigenvalue weighted by Crippen LogP contribution is -2.50. The van der Waals surface area contributed by atoms with E-state index in [1.54, 1.807) is 11.9 Å². The van der Waals surface area contributed by atoms with Gasteiger partial charge in [0.25, 0.3) is 5.91 Å². The zero-order chi connectivity index (χ0) is 15.7. The maximum Gasteiger partial charge on any atom is 0.327 e.